The minimum atomic E-state index is -0.811. The van der Waals surface area contributed by atoms with Gasteiger partial charge in [-0.1, -0.05) is 6.92 Å². The number of hydrogen-bond acceptors (Lipinski definition) is 3. The first-order chi connectivity index (χ1) is 6.35. The third-order valence-corrected chi connectivity index (χ3v) is 1.94. The minimum absolute atomic E-state index is 0.0594. The molecule has 0 rings (SSSR count). The van der Waals surface area contributed by atoms with Crippen LogP contribution >= 0.6 is 0 Å². The molecule has 0 aliphatic heterocycles. The summed E-state index contributed by atoms with van der Waals surface area (Å²) in [5.74, 6) is -0.811. The van der Waals surface area contributed by atoms with Crippen molar-refractivity contribution in [2.75, 3.05) is 19.6 Å². The summed E-state index contributed by atoms with van der Waals surface area (Å²) >= 11 is 0. The van der Waals surface area contributed by atoms with Gasteiger partial charge >= 0.3 is 5.97 Å². The molecule has 84 valence electrons. The Bertz CT molecular complexity index is 175. The molecule has 14 heavy (non-hydrogen) atoms. The van der Waals surface area contributed by atoms with Gasteiger partial charge < -0.3 is 10.2 Å². The third-order valence-electron chi connectivity index (χ3n) is 1.94. The van der Waals surface area contributed by atoms with E-state index in [1.807, 2.05) is 11.8 Å². The molecule has 0 atom stereocenters. The molecule has 0 saturated carbocycles. The molecule has 0 heterocycles. The predicted molar refractivity (Wildman–Crippen MR) is 55.3 cm³/mol. The van der Waals surface area contributed by atoms with E-state index in [-0.39, 0.29) is 6.54 Å². The van der Waals surface area contributed by atoms with Crippen molar-refractivity contribution in [1.82, 2.24) is 4.90 Å². The molecule has 0 aromatic heterocycles. The molecule has 0 spiro atoms. The predicted octanol–water partition coefficient (Wildman–Crippen LogP) is 0.944. The first-order valence-electron chi connectivity index (χ1n) is 5.01. The average Bonchev–Trinajstić information content (AvgIpc) is 1.98. The van der Waals surface area contributed by atoms with Crippen LogP contribution in [0.15, 0.2) is 0 Å². The zero-order chi connectivity index (χ0) is 11.2. The summed E-state index contributed by atoms with van der Waals surface area (Å²) in [5.41, 5.74) is -0.718. The van der Waals surface area contributed by atoms with E-state index in [0.717, 1.165) is 13.0 Å². The topological polar surface area (TPSA) is 60.8 Å². The van der Waals surface area contributed by atoms with Gasteiger partial charge in [-0.15, -0.1) is 0 Å². The average molecular weight is 203 g/mol. The Kier molecular flexibility index (Phi) is 5.72. The molecule has 0 aromatic carbocycles. The van der Waals surface area contributed by atoms with Crippen LogP contribution in [-0.4, -0.2) is 46.3 Å². The first kappa shape index (κ1) is 13.4. The molecule has 0 aromatic rings. The zero-order valence-electron chi connectivity index (χ0n) is 9.29. The second-order valence-electron chi connectivity index (χ2n) is 4.23. The molecule has 0 aliphatic rings. The number of carboxylic acids is 1. The highest BCUT2D eigenvalue weighted by atomic mass is 16.4. The lowest BCUT2D eigenvalue weighted by molar-refractivity contribution is -0.138. The quantitative estimate of drug-likeness (QED) is 0.646. The van der Waals surface area contributed by atoms with Crippen molar-refractivity contribution in [2.45, 2.75) is 39.2 Å². The number of rotatable bonds is 7. The highest BCUT2D eigenvalue weighted by Gasteiger charge is 2.15. The molecular weight excluding hydrogens is 182 g/mol. The third kappa shape index (κ3) is 8.01. The van der Waals surface area contributed by atoms with E-state index in [9.17, 15) is 9.90 Å². The highest BCUT2D eigenvalue weighted by Crippen LogP contribution is 2.08. The molecular formula is C10H21NO3. The Labute approximate surface area is 85.5 Å². The fourth-order valence-electron chi connectivity index (χ4n) is 1.21. The van der Waals surface area contributed by atoms with Crippen LogP contribution in [0.4, 0.5) is 0 Å². The Balaban J connectivity index is 3.90. The molecule has 0 radical (unpaired) electrons. The number of hydrogen-bond donors (Lipinski definition) is 2. The van der Waals surface area contributed by atoms with Gasteiger partial charge in [-0.3, -0.25) is 9.69 Å². The number of aliphatic carboxylic acids is 1. The van der Waals surface area contributed by atoms with E-state index in [1.165, 1.54) is 0 Å². The Morgan fingerprint density at radius 1 is 1.36 bits per heavy atom. The molecule has 2 N–H and O–H groups in total. The Morgan fingerprint density at radius 2 is 1.93 bits per heavy atom. The van der Waals surface area contributed by atoms with Crippen molar-refractivity contribution >= 4 is 5.97 Å². The van der Waals surface area contributed by atoms with Crippen LogP contribution in [0.5, 0.6) is 0 Å². The Hall–Kier alpha value is -0.610. The summed E-state index contributed by atoms with van der Waals surface area (Å²) in [6, 6.07) is 0. The maximum Gasteiger partial charge on any atom is 0.317 e. The molecule has 4 heteroatoms. The van der Waals surface area contributed by atoms with Crippen LogP contribution in [0.25, 0.3) is 0 Å². The van der Waals surface area contributed by atoms with Gasteiger partial charge in [0.15, 0.2) is 0 Å². The van der Waals surface area contributed by atoms with Gasteiger partial charge in [0.2, 0.25) is 0 Å². The van der Waals surface area contributed by atoms with Crippen molar-refractivity contribution in [3.63, 3.8) is 0 Å². The van der Waals surface area contributed by atoms with Crippen molar-refractivity contribution in [3.8, 4) is 0 Å². The number of carboxylic acid groups (broad SMARTS) is 1. The second-order valence-corrected chi connectivity index (χ2v) is 4.23. The normalized spacial score (nSPS) is 12.1. The summed E-state index contributed by atoms with van der Waals surface area (Å²) in [6.07, 6.45) is 1.53. The summed E-state index contributed by atoms with van der Waals surface area (Å²) in [5, 5.41) is 18.1. The smallest absolute Gasteiger partial charge is 0.317 e. The summed E-state index contributed by atoms with van der Waals surface area (Å²) < 4.78 is 0. The van der Waals surface area contributed by atoms with Crippen molar-refractivity contribution in [2.24, 2.45) is 0 Å². The summed E-state index contributed by atoms with van der Waals surface area (Å²) in [7, 11) is 0. The summed E-state index contributed by atoms with van der Waals surface area (Å²) in [4.78, 5) is 12.4. The van der Waals surface area contributed by atoms with Gasteiger partial charge in [0.25, 0.3) is 0 Å². The fourth-order valence-corrected chi connectivity index (χ4v) is 1.21. The van der Waals surface area contributed by atoms with E-state index in [4.69, 9.17) is 5.11 Å². The molecule has 0 amide bonds. The Morgan fingerprint density at radius 3 is 2.29 bits per heavy atom. The van der Waals surface area contributed by atoms with Crippen LogP contribution in [0, 0.1) is 0 Å². The standard InChI is InChI=1S/C10H21NO3/c1-4-6-11(8-9(12)13)7-5-10(2,3)14/h14H,4-8H2,1-3H3,(H,12,13). The van der Waals surface area contributed by atoms with Gasteiger partial charge in [0, 0.05) is 6.54 Å². The number of aliphatic hydroxyl groups is 1. The minimum Gasteiger partial charge on any atom is -0.480 e. The van der Waals surface area contributed by atoms with Crippen LogP contribution < -0.4 is 0 Å². The van der Waals surface area contributed by atoms with E-state index in [0.29, 0.717) is 13.0 Å². The van der Waals surface area contributed by atoms with Crippen LogP contribution in [0.1, 0.15) is 33.6 Å². The SMILES string of the molecule is CCCN(CCC(C)(C)O)CC(=O)O. The second kappa shape index (κ2) is 5.98. The first-order valence-corrected chi connectivity index (χ1v) is 5.01. The van der Waals surface area contributed by atoms with Crippen molar-refractivity contribution in [3.05, 3.63) is 0 Å². The summed E-state index contributed by atoms with van der Waals surface area (Å²) in [6.45, 7) is 6.94. The van der Waals surface area contributed by atoms with Gasteiger partial charge in [-0.2, -0.15) is 0 Å². The number of carbonyl (C=O) groups is 1. The lowest BCUT2D eigenvalue weighted by Crippen LogP contribution is -2.35. The van der Waals surface area contributed by atoms with Crippen LogP contribution in [-0.2, 0) is 4.79 Å². The van der Waals surface area contributed by atoms with Gasteiger partial charge in [0.1, 0.15) is 0 Å². The fraction of sp³-hybridized carbons (Fsp3) is 0.900. The number of nitrogens with zero attached hydrogens (tertiary/aromatic N) is 1. The molecule has 0 fully saturated rings. The van der Waals surface area contributed by atoms with E-state index in [2.05, 4.69) is 0 Å². The van der Waals surface area contributed by atoms with Crippen LogP contribution in [0.2, 0.25) is 0 Å². The largest absolute Gasteiger partial charge is 0.480 e. The van der Waals surface area contributed by atoms with E-state index in [1.54, 1.807) is 13.8 Å². The molecule has 0 saturated heterocycles. The lowest BCUT2D eigenvalue weighted by Gasteiger charge is -2.24. The maximum absolute atomic E-state index is 10.5. The monoisotopic (exact) mass is 203 g/mol. The van der Waals surface area contributed by atoms with Gasteiger partial charge in [0.05, 0.1) is 12.1 Å². The van der Waals surface area contributed by atoms with Crippen molar-refractivity contribution in [1.29, 1.82) is 0 Å². The van der Waals surface area contributed by atoms with Crippen molar-refractivity contribution < 1.29 is 15.0 Å². The molecule has 0 bridgehead atoms. The maximum atomic E-state index is 10.5. The van der Waals surface area contributed by atoms with Gasteiger partial charge in [-0.25, -0.2) is 0 Å². The van der Waals surface area contributed by atoms with Crippen LogP contribution in [0.3, 0.4) is 0 Å². The molecule has 0 aliphatic carbocycles. The van der Waals surface area contributed by atoms with E-state index >= 15 is 0 Å². The van der Waals surface area contributed by atoms with E-state index < -0.39 is 11.6 Å². The molecule has 0 unspecified atom stereocenters. The molecule has 4 nitrogen and oxygen atoms in total. The van der Waals surface area contributed by atoms with Gasteiger partial charge in [-0.05, 0) is 33.2 Å². The highest BCUT2D eigenvalue weighted by molar-refractivity contribution is 5.69. The zero-order valence-corrected chi connectivity index (χ0v) is 9.29. The lowest BCUT2D eigenvalue weighted by atomic mass is 10.1.